The van der Waals surface area contributed by atoms with E-state index in [-0.39, 0.29) is 0 Å². The van der Waals surface area contributed by atoms with E-state index < -0.39 is 10.1 Å². The van der Waals surface area contributed by atoms with Gasteiger partial charge >= 0.3 is 10.1 Å². The number of oxime groups is 1. The van der Waals surface area contributed by atoms with E-state index in [1.54, 1.807) is 24.3 Å². The number of nitrogens with zero attached hydrogens (tertiary/aromatic N) is 1. The van der Waals surface area contributed by atoms with Gasteiger partial charge in [0.25, 0.3) is 0 Å². The van der Waals surface area contributed by atoms with Gasteiger partial charge in [0.1, 0.15) is 11.5 Å². The van der Waals surface area contributed by atoms with Crippen molar-refractivity contribution in [1.82, 2.24) is 0 Å². The van der Waals surface area contributed by atoms with Gasteiger partial charge in [0, 0.05) is 0 Å². The molecule has 0 radical (unpaired) electrons. The molecule has 0 heterocycles. The maximum absolute atomic E-state index is 10.7. The van der Waals surface area contributed by atoms with Gasteiger partial charge < -0.3 is 4.74 Å². The highest BCUT2D eigenvalue weighted by Crippen LogP contribution is 2.20. The average Bonchev–Trinajstić information content (AvgIpc) is 2.41. The van der Waals surface area contributed by atoms with E-state index >= 15 is 0 Å². The molecule has 0 spiro atoms. The molecule has 0 N–H and O–H groups in total. The molecule has 6 heteroatoms. The number of benzene rings is 2. The van der Waals surface area contributed by atoms with Crippen molar-refractivity contribution in [2.45, 2.75) is 0 Å². The zero-order valence-corrected chi connectivity index (χ0v) is 11.6. The smallest absolute Gasteiger partial charge is 0.325 e. The first-order valence-electron chi connectivity index (χ1n) is 5.78. The van der Waals surface area contributed by atoms with Crippen molar-refractivity contribution in [3.8, 4) is 11.5 Å². The van der Waals surface area contributed by atoms with E-state index in [1.807, 2.05) is 30.3 Å². The molecule has 0 atom stereocenters. The van der Waals surface area contributed by atoms with Gasteiger partial charge in [-0.1, -0.05) is 23.4 Å². The second-order valence-electron chi connectivity index (χ2n) is 4.00. The van der Waals surface area contributed by atoms with Crippen molar-refractivity contribution in [2.75, 3.05) is 6.26 Å². The molecule has 0 aliphatic heterocycles. The predicted molar refractivity (Wildman–Crippen MR) is 76.5 cm³/mol. The van der Waals surface area contributed by atoms with Crippen LogP contribution in [0.5, 0.6) is 11.5 Å². The molecular weight excluding hydrogens is 278 g/mol. The molecule has 2 aromatic rings. The Morgan fingerprint density at radius 1 is 0.950 bits per heavy atom. The molecule has 0 amide bonds. The Morgan fingerprint density at radius 3 is 2.15 bits per heavy atom. The number of rotatable bonds is 5. The van der Waals surface area contributed by atoms with Gasteiger partial charge in [-0.2, -0.15) is 8.42 Å². The van der Waals surface area contributed by atoms with E-state index in [0.717, 1.165) is 12.0 Å². The van der Waals surface area contributed by atoms with Crippen LogP contribution < -0.4 is 4.74 Å². The van der Waals surface area contributed by atoms with Crippen LogP contribution in [0, 0.1) is 0 Å². The fraction of sp³-hybridized carbons (Fsp3) is 0.0714. The molecule has 0 aromatic heterocycles. The highest BCUT2D eigenvalue weighted by atomic mass is 32.2. The molecule has 20 heavy (non-hydrogen) atoms. The lowest BCUT2D eigenvalue weighted by Crippen LogP contribution is -1.97. The van der Waals surface area contributed by atoms with Crippen molar-refractivity contribution >= 4 is 16.3 Å². The highest BCUT2D eigenvalue weighted by Gasteiger charge is 1.99. The summed E-state index contributed by atoms with van der Waals surface area (Å²) in [5.74, 6) is 1.42. The van der Waals surface area contributed by atoms with Gasteiger partial charge in [0.15, 0.2) is 0 Å². The van der Waals surface area contributed by atoms with E-state index in [0.29, 0.717) is 11.3 Å². The zero-order valence-electron chi connectivity index (χ0n) is 10.8. The van der Waals surface area contributed by atoms with Crippen LogP contribution in [-0.2, 0) is 14.4 Å². The Morgan fingerprint density at radius 2 is 1.55 bits per heavy atom. The standard InChI is InChI=1S/C14H13NO4S/c1-20(16,17)19-15-11-12-7-9-14(10-8-12)18-13-5-3-2-4-6-13/h2-11H,1H3. The van der Waals surface area contributed by atoms with Crippen molar-refractivity contribution in [3.05, 3.63) is 60.2 Å². The van der Waals surface area contributed by atoms with Gasteiger partial charge in [-0.3, -0.25) is 4.28 Å². The summed E-state index contributed by atoms with van der Waals surface area (Å²) in [7, 11) is -3.57. The van der Waals surface area contributed by atoms with Crippen LogP contribution in [0.3, 0.4) is 0 Å². The van der Waals surface area contributed by atoms with Gasteiger partial charge in [-0.05, 0) is 42.0 Å². The minimum atomic E-state index is -3.57. The molecule has 5 nitrogen and oxygen atoms in total. The minimum absolute atomic E-state index is 0.678. The lowest BCUT2D eigenvalue weighted by Gasteiger charge is -2.05. The summed E-state index contributed by atoms with van der Waals surface area (Å²) in [5, 5.41) is 3.37. The third kappa shape index (κ3) is 4.74. The van der Waals surface area contributed by atoms with Crippen molar-refractivity contribution < 1.29 is 17.4 Å². The molecule has 0 saturated heterocycles. The van der Waals surface area contributed by atoms with E-state index in [2.05, 4.69) is 9.44 Å². The lowest BCUT2D eigenvalue weighted by molar-refractivity contribution is 0.345. The van der Waals surface area contributed by atoms with Crippen LogP contribution in [0.1, 0.15) is 5.56 Å². The first-order valence-corrected chi connectivity index (χ1v) is 7.59. The van der Waals surface area contributed by atoms with Crippen molar-refractivity contribution in [1.29, 1.82) is 0 Å². The average molecular weight is 291 g/mol. The predicted octanol–water partition coefficient (Wildman–Crippen LogP) is 2.79. The molecule has 104 valence electrons. The monoisotopic (exact) mass is 291 g/mol. The van der Waals surface area contributed by atoms with Crippen molar-refractivity contribution in [2.24, 2.45) is 5.16 Å². The SMILES string of the molecule is CS(=O)(=O)ON=Cc1ccc(Oc2ccccc2)cc1. The summed E-state index contributed by atoms with van der Waals surface area (Å²) < 4.78 is 31.3. The van der Waals surface area contributed by atoms with Crippen LogP contribution in [-0.4, -0.2) is 20.9 Å². The number of ether oxygens (including phenoxy) is 1. The Hall–Kier alpha value is -2.34. The normalized spacial score (nSPS) is 11.4. The Labute approximate surface area is 117 Å². The van der Waals surface area contributed by atoms with E-state index in [4.69, 9.17) is 4.74 Å². The molecule has 2 rings (SSSR count). The molecule has 0 aliphatic rings. The first-order chi connectivity index (χ1) is 9.53. The van der Waals surface area contributed by atoms with Crippen LogP contribution in [0.15, 0.2) is 59.8 Å². The Bertz CT molecular complexity index is 679. The second-order valence-corrected chi connectivity index (χ2v) is 5.55. The van der Waals surface area contributed by atoms with Gasteiger partial charge in [-0.15, -0.1) is 0 Å². The minimum Gasteiger partial charge on any atom is -0.457 e. The summed E-state index contributed by atoms with van der Waals surface area (Å²) in [6.45, 7) is 0. The molecule has 0 fully saturated rings. The van der Waals surface area contributed by atoms with Gasteiger partial charge in [0.2, 0.25) is 0 Å². The van der Waals surface area contributed by atoms with Gasteiger partial charge in [-0.25, -0.2) is 0 Å². The third-order valence-corrected chi connectivity index (χ3v) is 2.60. The maximum atomic E-state index is 10.7. The molecule has 2 aromatic carbocycles. The summed E-state index contributed by atoms with van der Waals surface area (Å²) in [4.78, 5) is 0. The highest BCUT2D eigenvalue weighted by molar-refractivity contribution is 7.85. The summed E-state index contributed by atoms with van der Waals surface area (Å²) in [5.41, 5.74) is 0.703. The fourth-order valence-electron chi connectivity index (χ4n) is 1.41. The molecule has 0 saturated carbocycles. The van der Waals surface area contributed by atoms with Crippen LogP contribution in [0.25, 0.3) is 0 Å². The molecule has 0 aliphatic carbocycles. The second kappa shape index (κ2) is 6.21. The Balaban J connectivity index is 2.00. The maximum Gasteiger partial charge on any atom is 0.325 e. The summed E-state index contributed by atoms with van der Waals surface area (Å²) in [6, 6.07) is 16.4. The Kier molecular flexibility index (Phi) is 4.37. The molecular formula is C14H13NO4S. The number of hydrogen-bond acceptors (Lipinski definition) is 5. The number of hydrogen-bond donors (Lipinski definition) is 0. The van der Waals surface area contributed by atoms with Crippen LogP contribution in [0.4, 0.5) is 0 Å². The molecule has 0 unspecified atom stereocenters. The van der Waals surface area contributed by atoms with E-state index in [1.165, 1.54) is 6.21 Å². The van der Waals surface area contributed by atoms with E-state index in [9.17, 15) is 8.42 Å². The van der Waals surface area contributed by atoms with Crippen molar-refractivity contribution in [3.63, 3.8) is 0 Å². The van der Waals surface area contributed by atoms with Crippen LogP contribution >= 0.6 is 0 Å². The topological polar surface area (TPSA) is 65.0 Å². The quantitative estimate of drug-likeness (QED) is 0.627. The van der Waals surface area contributed by atoms with Crippen LogP contribution in [0.2, 0.25) is 0 Å². The summed E-state index contributed by atoms with van der Waals surface area (Å²) >= 11 is 0. The fourth-order valence-corrected chi connectivity index (χ4v) is 1.61. The number of para-hydroxylation sites is 1. The zero-order chi connectivity index (χ0) is 14.4. The largest absolute Gasteiger partial charge is 0.457 e. The summed E-state index contributed by atoms with van der Waals surface area (Å²) in [6.07, 6.45) is 2.24. The first kappa shape index (κ1) is 14.1. The third-order valence-electron chi connectivity index (χ3n) is 2.24. The molecule has 0 bridgehead atoms. The van der Waals surface area contributed by atoms with Gasteiger partial charge in [0.05, 0.1) is 12.5 Å². The lowest BCUT2D eigenvalue weighted by atomic mass is 10.2.